The number of carbonyl (C=O) groups excluding carboxylic acids is 2. The molecule has 2 aromatic heterocycles. The van der Waals surface area contributed by atoms with Crippen molar-refractivity contribution in [1.82, 2.24) is 20.2 Å². The molecule has 2 fully saturated rings. The molecule has 0 bridgehead atoms. The normalized spacial score (nSPS) is 15.6. The molecular weight excluding hydrogens is 540 g/mol. The molecule has 9 heteroatoms. The number of piperazine rings is 1. The molecule has 1 aliphatic heterocycles. The first-order valence-corrected chi connectivity index (χ1v) is 15.5. The zero-order chi connectivity index (χ0) is 30.8. The Morgan fingerprint density at radius 2 is 1.77 bits per heavy atom. The van der Waals surface area contributed by atoms with Crippen LogP contribution in [0, 0.1) is 26.7 Å². The highest BCUT2D eigenvalue weighted by Crippen LogP contribution is 2.36. The molecule has 1 saturated heterocycles. The van der Waals surface area contributed by atoms with E-state index in [1.165, 1.54) is 0 Å². The number of anilines is 2. The molecule has 43 heavy (non-hydrogen) atoms. The second-order valence-corrected chi connectivity index (χ2v) is 12.2. The van der Waals surface area contributed by atoms with Crippen LogP contribution in [0.15, 0.2) is 41.3 Å². The Morgan fingerprint density at radius 1 is 1.05 bits per heavy atom. The lowest BCUT2D eigenvalue weighted by atomic mass is 9.97. The third-order valence-corrected chi connectivity index (χ3v) is 8.79. The van der Waals surface area contributed by atoms with Crippen molar-refractivity contribution in [1.29, 1.82) is 0 Å². The Labute approximate surface area is 254 Å². The summed E-state index contributed by atoms with van der Waals surface area (Å²) in [6.07, 6.45) is 3.67. The van der Waals surface area contributed by atoms with E-state index >= 15 is 0 Å². The van der Waals surface area contributed by atoms with E-state index in [1.54, 1.807) is 4.90 Å². The molecule has 9 nitrogen and oxygen atoms in total. The molecule has 2 aliphatic rings. The summed E-state index contributed by atoms with van der Waals surface area (Å²) >= 11 is 0. The second-order valence-electron chi connectivity index (χ2n) is 12.2. The summed E-state index contributed by atoms with van der Waals surface area (Å²) in [7, 11) is 0. The second kappa shape index (κ2) is 12.7. The Kier molecular flexibility index (Phi) is 9.01. The summed E-state index contributed by atoms with van der Waals surface area (Å²) in [5.41, 5.74) is 5.58. The maximum Gasteiger partial charge on any atom is 0.253 e. The molecule has 0 atom stereocenters. The number of nitrogens with one attached hydrogen (secondary N) is 2. The molecule has 3 aromatic rings. The van der Waals surface area contributed by atoms with Crippen LogP contribution >= 0.6 is 0 Å². The van der Waals surface area contributed by atoms with Crippen LogP contribution < -0.4 is 20.7 Å². The molecule has 2 N–H and O–H groups in total. The summed E-state index contributed by atoms with van der Waals surface area (Å²) in [5.74, 6) is 0.802. The number of carbonyl (C=O) groups is 2. The van der Waals surface area contributed by atoms with Crippen LogP contribution in [0.25, 0.3) is 11.1 Å². The summed E-state index contributed by atoms with van der Waals surface area (Å²) in [5, 5.41) is 2.96. The van der Waals surface area contributed by atoms with Gasteiger partial charge in [-0.05, 0) is 101 Å². The number of benzene rings is 1. The first kappa shape index (κ1) is 30.5. The van der Waals surface area contributed by atoms with E-state index in [1.807, 2.05) is 64.2 Å². The molecular formula is C34H44N6O3. The largest absolute Gasteiger partial charge is 0.354 e. The Hall–Kier alpha value is -3.98. The molecule has 0 spiro atoms. The van der Waals surface area contributed by atoms with Crippen molar-refractivity contribution in [2.45, 2.75) is 67.0 Å². The van der Waals surface area contributed by atoms with Crippen LogP contribution in [0.3, 0.4) is 0 Å². The standard InChI is InChI=1S/C34H44N6O3/c1-7-40(34(43)25-8-9-25)30-18-27(26-10-11-31(35-19-26)39-14-12-38(13-15-39)21(2)3)17-28(24(30)6)32(41)36-20-29-22(4)16-23(5)37-33(29)42/h10-11,16-19,21,25H,7-9,12-15,20H2,1-6H3,(H,36,41)(H,37,42). The molecule has 2 amide bonds. The first-order valence-electron chi connectivity index (χ1n) is 15.5. The number of hydrogen-bond donors (Lipinski definition) is 2. The molecule has 0 unspecified atom stereocenters. The van der Waals surface area contributed by atoms with Gasteiger partial charge in [0.2, 0.25) is 5.91 Å². The smallest absolute Gasteiger partial charge is 0.253 e. The van der Waals surface area contributed by atoms with Crippen molar-refractivity contribution in [2.75, 3.05) is 42.5 Å². The van der Waals surface area contributed by atoms with Crippen LogP contribution in [-0.2, 0) is 11.3 Å². The Bertz CT molecular complexity index is 1550. The monoisotopic (exact) mass is 584 g/mol. The molecule has 228 valence electrons. The predicted octanol–water partition coefficient (Wildman–Crippen LogP) is 4.59. The van der Waals surface area contributed by atoms with Crippen molar-refractivity contribution in [3.8, 4) is 11.1 Å². The maximum absolute atomic E-state index is 13.7. The highest BCUT2D eigenvalue weighted by Gasteiger charge is 2.34. The van der Waals surface area contributed by atoms with Crippen molar-refractivity contribution in [3.05, 3.63) is 74.8 Å². The minimum absolute atomic E-state index is 0.0497. The third kappa shape index (κ3) is 6.67. The van der Waals surface area contributed by atoms with Crippen LogP contribution in [0.5, 0.6) is 0 Å². The van der Waals surface area contributed by atoms with Crippen molar-refractivity contribution < 1.29 is 9.59 Å². The number of aromatic amines is 1. The van der Waals surface area contributed by atoms with Crippen LogP contribution in [-0.4, -0.2) is 65.4 Å². The number of rotatable bonds is 9. The average Bonchev–Trinajstić information content (AvgIpc) is 3.84. The van der Waals surface area contributed by atoms with Gasteiger partial charge in [-0.2, -0.15) is 0 Å². The number of aromatic nitrogens is 2. The van der Waals surface area contributed by atoms with Gasteiger partial charge in [-0.3, -0.25) is 19.3 Å². The van der Waals surface area contributed by atoms with Gasteiger partial charge in [0, 0.05) is 85.5 Å². The lowest BCUT2D eigenvalue weighted by Gasteiger charge is -2.37. The van der Waals surface area contributed by atoms with Crippen LogP contribution in [0.1, 0.15) is 66.4 Å². The lowest BCUT2D eigenvalue weighted by Crippen LogP contribution is -2.49. The van der Waals surface area contributed by atoms with Gasteiger partial charge in [-0.15, -0.1) is 0 Å². The van der Waals surface area contributed by atoms with Gasteiger partial charge in [0.05, 0.1) is 0 Å². The fourth-order valence-electron chi connectivity index (χ4n) is 5.95. The van der Waals surface area contributed by atoms with E-state index in [2.05, 4.69) is 33.9 Å². The molecule has 1 aliphatic carbocycles. The fraction of sp³-hybridized carbons (Fsp3) is 0.471. The van der Waals surface area contributed by atoms with Gasteiger partial charge in [0.15, 0.2) is 0 Å². The highest BCUT2D eigenvalue weighted by molar-refractivity contribution is 6.03. The van der Waals surface area contributed by atoms with Crippen molar-refractivity contribution in [2.24, 2.45) is 5.92 Å². The van der Waals surface area contributed by atoms with Gasteiger partial charge in [0.25, 0.3) is 11.5 Å². The Balaban J connectivity index is 1.45. The van der Waals surface area contributed by atoms with E-state index in [-0.39, 0.29) is 29.8 Å². The fourth-order valence-corrected chi connectivity index (χ4v) is 5.95. The van der Waals surface area contributed by atoms with E-state index in [4.69, 9.17) is 4.98 Å². The molecule has 5 rings (SSSR count). The number of hydrogen-bond acceptors (Lipinski definition) is 6. The minimum Gasteiger partial charge on any atom is -0.354 e. The third-order valence-electron chi connectivity index (χ3n) is 8.79. The van der Waals surface area contributed by atoms with Gasteiger partial charge >= 0.3 is 0 Å². The molecule has 1 saturated carbocycles. The molecule has 3 heterocycles. The van der Waals surface area contributed by atoms with Gasteiger partial charge in [-0.25, -0.2) is 4.98 Å². The minimum atomic E-state index is -0.289. The lowest BCUT2D eigenvalue weighted by molar-refractivity contribution is -0.119. The zero-order valence-electron chi connectivity index (χ0n) is 26.3. The van der Waals surface area contributed by atoms with Crippen LogP contribution in [0.4, 0.5) is 11.5 Å². The average molecular weight is 585 g/mol. The van der Waals surface area contributed by atoms with Gasteiger partial charge < -0.3 is 20.1 Å². The van der Waals surface area contributed by atoms with Gasteiger partial charge in [-0.1, -0.05) is 0 Å². The van der Waals surface area contributed by atoms with E-state index in [0.29, 0.717) is 23.7 Å². The summed E-state index contributed by atoms with van der Waals surface area (Å²) in [6.45, 7) is 16.5. The highest BCUT2D eigenvalue weighted by atomic mass is 16.2. The molecule has 0 radical (unpaired) electrons. The Morgan fingerprint density at radius 3 is 2.35 bits per heavy atom. The maximum atomic E-state index is 13.7. The van der Waals surface area contributed by atoms with E-state index in [9.17, 15) is 14.4 Å². The summed E-state index contributed by atoms with van der Waals surface area (Å²) in [4.78, 5) is 53.7. The summed E-state index contributed by atoms with van der Waals surface area (Å²) in [6, 6.07) is 10.4. The van der Waals surface area contributed by atoms with Crippen LogP contribution in [0.2, 0.25) is 0 Å². The van der Waals surface area contributed by atoms with Gasteiger partial charge in [0.1, 0.15) is 5.82 Å². The number of amides is 2. The quantitative estimate of drug-likeness (QED) is 0.382. The first-order chi connectivity index (χ1) is 20.6. The SMILES string of the molecule is CCN(C(=O)C1CC1)c1cc(-c2ccc(N3CCN(C(C)C)CC3)nc2)cc(C(=O)NCc2c(C)cc(C)[nH]c2=O)c1C. The molecule has 1 aromatic carbocycles. The topological polar surface area (TPSA) is 102 Å². The van der Waals surface area contributed by atoms with E-state index in [0.717, 1.165) is 78.5 Å². The number of H-pyrrole nitrogens is 1. The number of aryl methyl sites for hydroxylation is 2. The number of pyridine rings is 2. The predicted molar refractivity (Wildman–Crippen MR) is 172 cm³/mol. The number of nitrogens with zero attached hydrogens (tertiary/aromatic N) is 4. The van der Waals surface area contributed by atoms with Crippen molar-refractivity contribution in [3.63, 3.8) is 0 Å². The van der Waals surface area contributed by atoms with Crippen molar-refractivity contribution >= 4 is 23.3 Å². The zero-order valence-corrected chi connectivity index (χ0v) is 26.3. The van der Waals surface area contributed by atoms with E-state index < -0.39 is 0 Å². The summed E-state index contributed by atoms with van der Waals surface area (Å²) < 4.78 is 0.